The first-order valence-corrected chi connectivity index (χ1v) is 11.4. The van der Waals surface area contributed by atoms with Gasteiger partial charge in [-0.15, -0.1) is 0 Å². The minimum Gasteiger partial charge on any atom is -0.370 e. The van der Waals surface area contributed by atoms with Crippen LogP contribution < -0.4 is 16.7 Å². The fourth-order valence-corrected chi connectivity index (χ4v) is 4.39. The number of hydrogen-bond donors (Lipinski definition) is 2. The van der Waals surface area contributed by atoms with Crippen molar-refractivity contribution in [1.29, 1.82) is 5.26 Å². The lowest BCUT2D eigenvalue weighted by Gasteiger charge is -2.45. The number of rotatable bonds is 5. The molecule has 10 heteroatoms. The van der Waals surface area contributed by atoms with E-state index in [0.29, 0.717) is 24.6 Å². The maximum Gasteiger partial charge on any atom is 0.141 e. The number of nitrogens with two attached hydrogens (primary N) is 2. The van der Waals surface area contributed by atoms with Crippen LogP contribution in [0, 0.1) is 24.1 Å². The Kier molecular flexibility index (Phi) is 9.28. The van der Waals surface area contributed by atoms with Crippen LogP contribution in [0.3, 0.4) is 0 Å². The summed E-state index contributed by atoms with van der Waals surface area (Å²) in [5.74, 6) is 10.1. The number of carbonyl (C=O) groups excluding carboxylic acids is 1. The predicted molar refractivity (Wildman–Crippen MR) is 133 cm³/mol. The van der Waals surface area contributed by atoms with Crippen LogP contribution in [0.5, 0.6) is 0 Å². The van der Waals surface area contributed by atoms with Crippen molar-refractivity contribution < 1.29 is 13.9 Å². The summed E-state index contributed by atoms with van der Waals surface area (Å²) in [5, 5.41) is 13.7. The van der Waals surface area contributed by atoms with Gasteiger partial charge in [0.25, 0.3) is 0 Å². The number of ether oxygens (including phenoxy) is 1. The van der Waals surface area contributed by atoms with Crippen LogP contribution in [0.15, 0.2) is 41.5 Å². The zero-order valence-electron chi connectivity index (χ0n) is 20.1. The van der Waals surface area contributed by atoms with Gasteiger partial charge in [0, 0.05) is 38.6 Å². The SMILES string of the molecule is Cc1c(C2CN3CCN(C)CC3CO2)ccc(F)c1C#N.N/N=C\N(N)c1cccc(CC=O)c1. The van der Waals surface area contributed by atoms with Gasteiger partial charge < -0.3 is 20.3 Å². The second kappa shape index (κ2) is 12.4. The molecule has 2 fully saturated rings. The largest absolute Gasteiger partial charge is 0.370 e. The molecule has 2 unspecified atom stereocenters. The highest BCUT2D eigenvalue weighted by atomic mass is 19.1. The molecule has 4 rings (SSSR count). The van der Waals surface area contributed by atoms with Gasteiger partial charge in [0.05, 0.1) is 24.0 Å². The van der Waals surface area contributed by atoms with Gasteiger partial charge >= 0.3 is 0 Å². The van der Waals surface area contributed by atoms with Crippen LogP contribution >= 0.6 is 0 Å². The van der Waals surface area contributed by atoms with E-state index < -0.39 is 5.82 Å². The molecule has 0 aliphatic carbocycles. The smallest absolute Gasteiger partial charge is 0.141 e. The standard InChI is InChI=1S/C16H20FN3O.C9H12N4O/c1-11-13(3-4-15(17)14(11)7-18)16-9-20-6-5-19(2)8-12(20)10-21-16;10-12-7-13(11)9-3-1-2-8(6-9)4-5-14/h3-4,12,16H,5-6,8-10H2,1-2H3;1-3,5-7H,4,10-11H2/b;12-7-. The Balaban J connectivity index is 0.000000214. The van der Waals surface area contributed by atoms with Crippen LogP contribution in [0.25, 0.3) is 0 Å². The number of halogens is 1. The Bertz CT molecular complexity index is 1090. The summed E-state index contributed by atoms with van der Waals surface area (Å²) in [6, 6.07) is 12.8. The molecule has 0 spiro atoms. The molecule has 2 aromatic carbocycles. The number of nitrogens with zero attached hydrogens (tertiary/aromatic N) is 5. The lowest BCUT2D eigenvalue weighted by atomic mass is 9.96. The molecule has 2 aliphatic heterocycles. The number of hydrazone groups is 1. The zero-order valence-corrected chi connectivity index (χ0v) is 20.1. The van der Waals surface area contributed by atoms with E-state index in [1.165, 1.54) is 17.4 Å². The molecule has 0 aromatic heterocycles. The van der Waals surface area contributed by atoms with Crippen molar-refractivity contribution in [2.45, 2.75) is 25.5 Å². The third kappa shape index (κ3) is 6.61. The van der Waals surface area contributed by atoms with Crippen LogP contribution in [0.1, 0.15) is 28.4 Å². The molecule has 0 radical (unpaired) electrons. The van der Waals surface area contributed by atoms with E-state index >= 15 is 0 Å². The van der Waals surface area contributed by atoms with E-state index in [1.54, 1.807) is 25.1 Å². The van der Waals surface area contributed by atoms with E-state index in [4.69, 9.17) is 21.7 Å². The molecule has 9 nitrogen and oxygen atoms in total. The van der Waals surface area contributed by atoms with Crippen molar-refractivity contribution in [3.8, 4) is 6.07 Å². The number of nitriles is 1. The number of morpholine rings is 1. The first-order chi connectivity index (χ1) is 16.9. The Labute approximate surface area is 205 Å². The average Bonchev–Trinajstić information content (AvgIpc) is 2.85. The van der Waals surface area contributed by atoms with E-state index in [9.17, 15) is 9.18 Å². The lowest BCUT2D eigenvalue weighted by Crippen LogP contribution is -2.57. The maximum atomic E-state index is 13.6. The molecule has 2 heterocycles. The summed E-state index contributed by atoms with van der Waals surface area (Å²) in [5.41, 5.74) is 3.41. The molecular formula is C25H32FN7O2. The summed E-state index contributed by atoms with van der Waals surface area (Å²) in [6.45, 7) is 6.43. The fourth-order valence-electron chi connectivity index (χ4n) is 4.39. The van der Waals surface area contributed by atoms with Crippen molar-refractivity contribution in [3.63, 3.8) is 0 Å². The second-order valence-corrected chi connectivity index (χ2v) is 8.69. The van der Waals surface area contributed by atoms with E-state index in [2.05, 4.69) is 21.9 Å². The van der Waals surface area contributed by atoms with Crippen molar-refractivity contribution in [3.05, 3.63) is 64.5 Å². The zero-order chi connectivity index (χ0) is 25.4. The Morgan fingerprint density at radius 2 is 2.11 bits per heavy atom. The molecule has 2 aromatic rings. The van der Waals surface area contributed by atoms with Crippen molar-refractivity contribution >= 4 is 18.3 Å². The quantitative estimate of drug-likeness (QED) is 0.217. The number of aldehydes is 1. The first-order valence-electron chi connectivity index (χ1n) is 11.4. The second-order valence-electron chi connectivity index (χ2n) is 8.69. The topological polar surface area (TPSA) is 124 Å². The Hall–Kier alpha value is -3.36. The summed E-state index contributed by atoms with van der Waals surface area (Å²) < 4.78 is 19.6. The highest BCUT2D eigenvalue weighted by molar-refractivity contribution is 5.77. The number of piperazine rings is 1. The normalized spacial score (nSPS) is 20.4. The number of fused-ring (bicyclic) bond motifs is 1. The van der Waals surface area contributed by atoms with Gasteiger partial charge in [0.15, 0.2) is 0 Å². The van der Waals surface area contributed by atoms with Crippen LogP contribution in [0.4, 0.5) is 10.1 Å². The van der Waals surface area contributed by atoms with Crippen LogP contribution in [-0.2, 0) is 16.0 Å². The number of hydrogen-bond acceptors (Lipinski definition) is 8. The van der Waals surface area contributed by atoms with Gasteiger partial charge in [0.2, 0.25) is 0 Å². The van der Waals surface area contributed by atoms with Crippen molar-refractivity contribution in [2.24, 2.45) is 16.8 Å². The minimum atomic E-state index is -0.452. The molecular weight excluding hydrogens is 449 g/mol. The number of benzene rings is 2. The van der Waals surface area contributed by atoms with Crippen molar-refractivity contribution in [1.82, 2.24) is 9.80 Å². The van der Waals surface area contributed by atoms with Gasteiger partial charge in [-0.3, -0.25) is 9.91 Å². The summed E-state index contributed by atoms with van der Waals surface area (Å²) >= 11 is 0. The Morgan fingerprint density at radius 1 is 1.31 bits per heavy atom. The highest BCUT2D eigenvalue weighted by Crippen LogP contribution is 2.30. The summed E-state index contributed by atoms with van der Waals surface area (Å²) in [6.07, 6.45) is 2.44. The Morgan fingerprint density at radius 3 is 2.83 bits per heavy atom. The third-order valence-electron chi connectivity index (χ3n) is 6.33. The van der Waals surface area contributed by atoms with E-state index in [1.807, 2.05) is 18.2 Å². The number of carbonyl (C=O) groups is 1. The van der Waals surface area contributed by atoms with E-state index in [0.717, 1.165) is 49.3 Å². The monoisotopic (exact) mass is 481 g/mol. The first kappa shape index (κ1) is 26.2. The van der Waals surface area contributed by atoms with Crippen molar-refractivity contribution in [2.75, 3.05) is 44.8 Å². The van der Waals surface area contributed by atoms with Gasteiger partial charge in [-0.05, 0) is 48.9 Å². The minimum absolute atomic E-state index is 0.0719. The number of hydrazine groups is 1. The number of likely N-dealkylation sites (N-methyl/N-ethyl adjacent to an activating group) is 1. The van der Waals surface area contributed by atoms with Gasteiger partial charge in [-0.25, -0.2) is 10.2 Å². The summed E-state index contributed by atoms with van der Waals surface area (Å²) in [7, 11) is 2.13. The molecule has 35 heavy (non-hydrogen) atoms. The molecule has 0 amide bonds. The average molecular weight is 482 g/mol. The summed E-state index contributed by atoms with van der Waals surface area (Å²) in [4.78, 5) is 15.1. The predicted octanol–water partition coefficient (Wildman–Crippen LogP) is 1.70. The maximum absolute atomic E-state index is 13.6. The van der Waals surface area contributed by atoms with Gasteiger partial charge in [-0.2, -0.15) is 10.4 Å². The molecule has 2 atom stereocenters. The van der Waals surface area contributed by atoms with Crippen LogP contribution in [0.2, 0.25) is 0 Å². The third-order valence-corrected chi connectivity index (χ3v) is 6.33. The van der Waals surface area contributed by atoms with Crippen LogP contribution in [-0.4, -0.2) is 68.3 Å². The molecule has 2 aliphatic rings. The fraction of sp³-hybridized carbons (Fsp3) is 0.400. The number of anilines is 1. The molecule has 2 saturated heterocycles. The lowest BCUT2D eigenvalue weighted by molar-refractivity contribution is -0.107. The van der Waals surface area contributed by atoms with Gasteiger partial charge in [0.1, 0.15) is 24.5 Å². The molecule has 0 bridgehead atoms. The highest BCUT2D eigenvalue weighted by Gasteiger charge is 2.33. The molecule has 186 valence electrons. The molecule has 4 N–H and O–H groups in total. The molecule has 0 saturated carbocycles. The van der Waals surface area contributed by atoms with E-state index in [-0.39, 0.29) is 11.7 Å². The van der Waals surface area contributed by atoms with Gasteiger partial charge in [-0.1, -0.05) is 18.2 Å².